The number of piperidine rings is 1. The molecule has 7 heteroatoms. The molecule has 32 heavy (non-hydrogen) atoms. The lowest BCUT2D eigenvalue weighted by atomic mass is 9.95. The van der Waals surface area contributed by atoms with Crippen LogP contribution in [0.1, 0.15) is 24.4 Å². The molecule has 0 atom stereocenters. The average Bonchev–Trinajstić information content (AvgIpc) is 3.24. The molecular formula is C25H26FN5O. The van der Waals surface area contributed by atoms with E-state index >= 15 is 0 Å². The fourth-order valence-corrected chi connectivity index (χ4v) is 4.60. The van der Waals surface area contributed by atoms with E-state index in [4.69, 9.17) is 15.6 Å². The van der Waals surface area contributed by atoms with Crippen LogP contribution in [-0.4, -0.2) is 35.0 Å². The van der Waals surface area contributed by atoms with Crippen molar-refractivity contribution in [3.8, 4) is 28.1 Å². The minimum absolute atomic E-state index is 0.246. The highest BCUT2D eigenvalue weighted by Crippen LogP contribution is 2.39. The van der Waals surface area contributed by atoms with Gasteiger partial charge in [0.25, 0.3) is 0 Å². The number of nitrogens with two attached hydrogens (primary N) is 1. The van der Waals surface area contributed by atoms with Gasteiger partial charge in [-0.25, -0.2) is 9.37 Å². The summed E-state index contributed by atoms with van der Waals surface area (Å²) in [4.78, 5) is 4.42. The molecule has 0 amide bonds. The number of ether oxygens (including phenoxy) is 1. The third kappa shape index (κ3) is 3.48. The van der Waals surface area contributed by atoms with Crippen molar-refractivity contribution in [2.75, 3.05) is 25.9 Å². The number of fused-ring (bicyclic) bond motifs is 1. The number of hydrogen-bond acceptors (Lipinski definition) is 5. The summed E-state index contributed by atoms with van der Waals surface area (Å²) in [7, 11) is 1.62. The first-order valence-corrected chi connectivity index (χ1v) is 10.8. The van der Waals surface area contributed by atoms with E-state index in [1.165, 1.54) is 6.07 Å². The van der Waals surface area contributed by atoms with Crippen LogP contribution in [0.4, 0.5) is 10.2 Å². The Labute approximate surface area is 186 Å². The maximum Gasteiger partial charge on any atom is 0.240 e. The van der Waals surface area contributed by atoms with Crippen LogP contribution >= 0.6 is 0 Å². The number of methoxy groups -OCH3 is 1. The first kappa shape index (κ1) is 20.5. The number of nitrogens with one attached hydrogen (secondary N) is 1. The van der Waals surface area contributed by atoms with Crippen LogP contribution in [-0.2, 0) is 0 Å². The van der Waals surface area contributed by atoms with E-state index in [0.717, 1.165) is 59.0 Å². The number of hydrogen-bond donors (Lipinski definition) is 2. The van der Waals surface area contributed by atoms with Gasteiger partial charge in [0.2, 0.25) is 5.88 Å². The third-order valence-electron chi connectivity index (χ3n) is 6.29. The van der Waals surface area contributed by atoms with Gasteiger partial charge in [0.05, 0.1) is 18.7 Å². The molecule has 6 nitrogen and oxygen atoms in total. The van der Waals surface area contributed by atoms with Crippen molar-refractivity contribution < 1.29 is 9.13 Å². The second-order valence-corrected chi connectivity index (χ2v) is 8.26. The number of benzene rings is 2. The molecule has 0 bridgehead atoms. The lowest BCUT2D eigenvalue weighted by Crippen LogP contribution is -2.29. The van der Waals surface area contributed by atoms with Gasteiger partial charge in [0, 0.05) is 28.9 Å². The van der Waals surface area contributed by atoms with Crippen LogP contribution in [0.5, 0.6) is 5.88 Å². The van der Waals surface area contributed by atoms with Crippen molar-refractivity contribution in [2.45, 2.75) is 25.8 Å². The van der Waals surface area contributed by atoms with Crippen molar-refractivity contribution in [2.24, 2.45) is 0 Å². The molecule has 1 saturated heterocycles. The van der Waals surface area contributed by atoms with Crippen molar-refractivity contribution >= 4 is 16.6 Å². The molecule has 2 aromatic heterocycles. The number of aromatic nitrogens is 3. The van der Waals surface area contributed by atoms with Gasteiger partial charge in [-0.2, -0.15) is 0 Å². The molecule has 1 aliphatic heterocycles. The predicted octanol–water partition coefficient (Wildman–Crippen LogP) is 4.73. The zero-order valence-electron chi connectivity index (χ0n) is 18.2. The van der Waals surface area contributed by atoms with Gasteiger partial charge in [-0.15, -0.1) is 5.10 Å². The largest absolute Gasteiger partial charge is 0.479 e. The summed E-state index contributed by atoms with van der Waals surface area (Å²) >= 11 is 0. The SMILES string of the molecule is COc1nn(C2CCNCC2)cc1-c1cnc(N)c2ccc(-c3c(C)cccc3F)cc12. The Morgan fingerprint density at radius 1 is 1.12 bits per heavy atom. The Bertz CT molecular complexity index is 1270. The Morgan fingerprint density at radius 2 is 1.94 bits per heavy atom. The van der Waals surface area contributed by atoms with Crippen molar-refractivity contribution in [3.63, 3.8) is 0 Å². The molecule has 3 heterocycles. The van der Waals surface area contributed by atoms with E-state index in [0.29, 0.717) is 23.3 Å². The summed E-state index contributed by atoms with van der Waals surface area (Å²) in [5.41, 5.74) is 10.2. The van der Waals surface area contributed by atoms with E-state index < -0.39 is 0 Å². The van der Waals surface area contributed by atoms with Crippen LogP contribution in [0.3, 0.4) is 0 Å². The van der Waals surface area contributed by atoms with E-state index in [1.807, 2.05) is 42.1 Å². The predicted molar refractivity (Wildman–Crippen MR) is 125 cm³/mol. The molecule has 4 aromatic rings. The highest BCUT2D eigenvalue weighted by Gasteiger charge is 2.22. The minimum Gasteiger partial charge on any atom is -0.479 e. The fraction of sp³-hybridized carbons (Fsp3) is 0.280. The molecule has 0 aliphatic carbocycles. The number of nitrogens with zero attached hydrogens (tertiary/aromatic N) is 3. The second-order valence-electron chi connectivity index (χ2n) is 8.26. The first-order chi connectivity index (χ1) is 15.6. The van der Waals surface area contributed by atoms with Gasteiger partial charge in [0.15, 0.2) is 0 Å². The number of pyridine rings is 1. The maximum atomic E-state index is 14.7. The molecular weight excluding hydrogens is 405 g/mol. The van der Waals surface area contributed by atoms with Gasteiger partial charge in [-0.3, -0.25) is 4.68 Å². The summed E-state index contributed by atoms with van der Waals surface area (Å²) < 4.78 is 22.3. The van der Waals surface area contributed by atoms with Gasteiger partial charge in [-0.05, 0) is 61.5 Å². The van der Waals surface area contributed by atoms with Crippen LogP contribution in [0.15, 0.2) is 48.8 Å². The lowest BCUT2D eigenvalue weighted by molar-refractivity contribution is 0.327. The summed E-state index contributed by atoms with van der Waals surface area (Å²) in [6.45, 7) is 3.86. The van der Waals surface area contributed by atoms with Crippen molar-refractivity contribution in [1.82, 2.24) is 20.1 Å². The molecule has 0 unspecified atom stereocenters. The summed E-state index contributed by atoms with van der Waals surface area (Å²) in [6, 6.07) is 11.2. The molecule has 0 spiro atoms. The molecule has 1 fully saturated rings. The summed E-state index contributed by atoms with van der Waals surface area (Å²) in [5, 5.41) is 9.81. The molecule has 0 saturated carbocycles. The fourth-order valence-electron chi connectivity index (χ4n) is 4.60. The highest BCUT2D eigenvalue weighted by molar-refractivity contribution is 6.03. The van der Waals surface area contributed by atoms with Crippen LogP contribution in [0.25, 0.3) is 33.0 Å². The van der Waals surface area contributed by atoms with Crippen LogP contribution in [0.2, 0.25) is 0 Å². The van der Waals surface area contributed by atoms with E-state index in [9.17, 15) is 4.39 Å². The normalized spacial score (nSPS) is 14.7. The first-order valence-electron chi connectivity index (χ1n) is 10.8. The van der Waals surface area contributed by atoms with Gasteiger partial charge in [0.1, 0.15) is 11.6 Å². The van der Waals surface area contributed by atoms with Crippen molar-refractivity contribution in [1.29, 1.82) is 0 Å². The second kappa shape index (κ2) is 8.24. The van der Waals surface area contributed by atoms with Crippen LogP contribution < -0.4 is 15.8 Å². The third-order valence-corrected chi connectivity index (χ3v) is 6.29. The van der Waals surface area contributed by atoms with E-state index in [-0.39, 0.29) is 5.82 Å². The summed E-state index contributed by atoms with van der Waals surface area (Å²) in [6.07, 6.45) is 5.81. The average molecular weight is 432 g/mol. The molecule has 3 N–H and O–H groups in total. The van der Waals surface area contributed by atoms with Gasteiger partial charge >= 0.3 is 0 Å². The van der Waals surface area contributed by atoms with E-state index in [1.54, 1.807) is 19.4 Å². The quantitative estimate of drug-likeness (QED) is 0.489. The Kier molecular flexibility index (Phi) is 5.27. The van der Waals surface area contributed by atoms with Crippen LogP contribution in [0, 0.1) is 12.7 Å². The van der Waals surface area contributed by atoms with E-state index in [2.05, 4.69) is 10.3 Å². The number of anilines is 1. The zero-order valence-corrected chi connectivity index (χ0v) is 18.2. The molecule has 5 rings (SSSR count). The maximum absolute atomic E-state index is 14.7. The molecule has 0 radical (unpaired) electrons. The number of aryl methyl sites for hydroxylation is 1. The number of nitrogen functional groups attached to an aromatic ring is 1. The van der Waals surface area contributed by atoms with Crippen molar-refractivity contribution in [3.05, 3.63) is 60.2 Å². The Hall–Kier alpha value is -3.45. The van der Waals surface area contributed by atoms with Gasteiger partial charge < -0.3 is 15.8 Å². The number of rotatable bonds is 4. The Morgan fingerprint density at radius 3 is 2.69 bits per heavy atom. The lowest BCUT2D eigenvalue weighted by Gasteiger charge is -2.22. The minimum atomic E-state index is -0.246. The Balaban J connectivity index is 1.69. The highest BCUT2D eigenvalue weighted by atomic mass is 19.1. The molecule has 2 aromatic carbocycles. The topological polar surface area (TPSA) is 78.0 Å². The molecule has 1 aliphatic rings. The smallest absolute Gasteiger partial charge is 0.240 e. The zero-order chi connectivity index (χ0) is 22.2. The summed E-state index contributed by atoms with van der Waals surface area (Å²) in [5.74, 6) is 0.735. The standard InChI is InChI=1S/C25H26FN5O/c1-15-4-3-5-22(26)23(15)16-6-7-18-19(12-16)20(13-29-24(18)27)21-14-31(30-25(21)32-2)17-8-10-28-11-9-17/h3-7,12-14,17,28H,8-11H2,1-2H3,(H2,27,29). The monoisotopic (exact) mass is 431 g/mol. The van der Waals surface area contributed by atoms with Gasteiger partial charge in [-0.1, -0.05) is 24.3 Å². The molecule has 164 valence electrons. The number of halogens is 1.